The van der Waals surface area contributed by atoms with Crippen LogP contribution in [-0.4, -0.2) is 15.9 Å². The lowest BCUT2D eigenvalue weighted by molar-refractivity contribution is 0.0471. The topological polar surface area (TPSA) is 52.1 Å². The molecule has 0 radical (unpaired) electrons. The number of rotatable bonds is 5. The van der Waals surface area contributed by atoms with Crippen molar-refractivity contribution in [1.29, 1.82) is 0 Å². The number of aryl methyl sites for hydroxylation is 1. The molecule has 0 bridgehead atoms. The van der Waals surface area contributed by atoms with Gasteiger partial charge in [-0.3, -0.25) is 4.98 Å². The van der Waals surface area contributed by atoms with E-state index in [4.69, 9.17) is 9.72 Å². The van der Waals surface area contributed by atoms with Crippen LogP contribution < -0.4 is 0 Å². The number of nitrogens with zero attached hydrogens (tertiary/aromatic N) is 2. The molecule has 0 spiro atoms. The normalized spacial score (nSPS) is 16.3. The summed E-state index contributed by atoms with van der Waals surface area (Å²) in [6, 6.07) is 15.9. The molecule has 2 aromatic heterocycles. The van der Waals surface area contributed by atoms with Crippen LogP contribution in [0.4, 0.5) is 0 Å². The van der Waals surface area contributed by atoms with Crippen molar-refractivity contribution in [3.8, 4) is 0 Å². The minimum Gasteiger partial charge on any atom is -0.455 e. The number of pyridine rings is 1. The van der Waals surface area contributed by atoms with Gasteiger partial charge >= 0.3 is 5.97 Å². The molecule has 2 aromatic carbocycles. The Bertz CT molecular complexity index is 1270. The molecule has 164 valence electrons. The summed E-state index contributed by atoms with van der Waals surface area (Å²) in [4.78, 5) is 23.0. The molecule has 4 nitrogen and oxygen atoms in total. The molecule has 5 heteroatoms. The van der Waals surface area contributed by atoms with E-state index in [1.54, 1.807) is 11.3 Å². The van der Waals surface area contributed by atoms with Crippen molar-refractivity contribution < 1.29 is 9.53 Å². The first-order valence-electron chi connectivity index (χ1n) is 11.4. The summed E-state index contributed by atoms with van der Waals surface area (Å²) in [5.74, 6) is 0.257. The summed E-state index contributed by atoms with van der Waals surface area (Å²) >= 11 is 1.57. The predicted octanol–water partition coefficient (Wildman–Crippen LogP) is 6.74. The van der Waals surface area contributed by atoms with E-state index in [0.29, 0.717) is 11.5 Å². The first-order valence-corrected chi connectivity index (χ1v) is 12.2. The van der Waals surface area contributed by atoms with Crippen LogP contribution in [0.25, 0.3) is 21.1 Å². The summed E-state index contributed by atoms with van der Waals surface area (Å²) in [6.45, 7) is 7.11. The lowest BCUT2D eigenvalue weighted by Crippen LogP contribution is -2.30. The van der Waals surface area contributed by atoms with Gasteiger partial charge in [-0.25, -0.2) is 9.78 Å². The molecular weight excluding hydrogens is 416 g/mol. The molecule has 0 saturated carbocycles. The van der Waals surface area contributed by atoms with Crippen LogP contribution in [0.5, 0.6) is 0 Å². The molecule has 0 saturated heterocycles. The number of benzene rings is 2. The summed E-state index contributed by atoms with van der Waals surface area (Å²) in [5.41, 5.74) is 4.87. The molecule has 2 heterocycles. The van der Waals surface area contributed by atoms with E-state index >= 15 is 0 Å². The second-order valence-corrected chi connectivity index (χ2v) is 10.5. The van der Waals surface area contributed by atoms with Gasteiger partial charge in [-0.05, 0) is 54.4 Å². The fraction of sp³-hybridized carbons (Fsp3) is 0.370. The zero-order valence-corrected chi connectivity index (χ0v) is 19.7. The van der Waals surface area contributed by atoms with Crippen LogP contribution in [0.3, 0.4) is 0 Å². The van der Waals surface area contributed by atoms with Crippen LogP contribution in [0.1, 0.15) is 60.2 Å². The Balaban J connectivity index is 1.50. The van der Waals surface area contributed by atoms with Crippen molar-refractivity contribution in [3.63, 3.8) is 0 Å². The Morgan fingerprint density at radius 3 is 2.62 bits per heavy atom. The van der Waals surface area contributed by atoms with Gasteiger partial charge in [-0.1, -0.05) is 57.5 Å². The van der Waals surface area contributed by atoms with Crippen molar-refractivity contribution in [2.24, 2.45) is 11.3 Å². The molecule has 1 aliphatic rings. The van der Waals surface area contributed by atoms with E-state index in [2.05, 4.69) is 25.8 Å². The Labute approximate surface area is 192 Å². The van der Waals surface area contributed by atoms with Gasteiger partial charge in [0, 0.05) is 11.1 Å². The summed E-state index contributed by atoms with van der Waals surface area (Å²) in [6.07, 6.45) is 4.01. The Morgan fingerprint density at radius 1 is 1.09 bits per heavy atom. The number of thiazole rings is 1. The maximum atomic E-state index is 13.5. The Hall–Kier alpha value is -2.79. The maximum Gasteiger partial charge on any atom is 0.339 e. The van der Waals surface area contributed by atoms with Crippen LogP contribution in [0.15, 0.2) is 48.5 Å². The molecule has 0 amide bonds. The van der Waals surface area contributed by atoms with Gasteiger partial charge in [0.1, 0.15) is 11.6 Å². The fourth-order valence-corrected chi connectivity index (χ4v) is 5.64. The quantitative estimate of drug-likeness (QED) is 0.320. The summed E-state index contributed by atoms with van der Waals surface area (Å²) in [7, 11) is 0. The van der Waals surface area contributed by atoms with E-state index in [0.717, 1.165) is 63.1 Å². The second-order valence-electron chi connectivity index (χ2n) is 9.36. The molecule has 1 aliphatic carbocycles. The zero-order chi connectivity index (χ0) is 22.3. The van der Waals surface area contributed by atoms with Crippen LogP contribution in [-0.2, 0) is 24.2 Å². The Kier molecular flexibility index (Phi) is 5.46. The van der Waals surface area contributed by atoms with Crippen molar-refractivity contribution in [2.75, 3.05) is 0 Å². The fourth-order valence-electron chi connectivity index (χ4n) is 4.76. The molecular formula is C27H28N2O2S. The van der Waals surface area contributed by atoms with Crippen molar-refractivity contribution >= 4 is 38.4 Å². The highest BCUT2D eigenvalue weighted by Gasteiger charge is 2.34. The van der Waals surface area contributed by atoms with Crippen LogP contribution in [0.2, 0.25) is 0 Å². The van der Waals surface area contributed by atoms with Crippen molar-refractivity contribution in [2.45, 2.75) is 53.1 Å². The third-order valence-electron chi connectivity index (χ3n) is 7.14. The zero-order valence-electron chi connectivity index (χ0n) is 18.9. The van der Waals surface area contributed by atoms with Gasteiger partial charge < -0.3 is 4.74 Å². The third kappa shape index (κ3) is 3.79. The molecule has 0 N–H and O–H groups in total. The van der Waals surface area contributed by atoms with Gasteiger partial charge in [0.15, 0.2) is 0 Å². The van der Waals surface area contributed by atoms with Crippen molar-refractivity contribution in [3.05, 3.63) is 70.4 Å². The SMILES string of the molecule is CCC(C)(C)C1CCc2nc3ccccc3c(C(=O)OCc3nc4ccccc4s3)c2C1. The number of hydrogen-bond acceptors (Lipinski definition) is 5. The minimum atomic E-state index is -0.269. The number of aromatic nitrogens is 2. The van der Waals surface area contributed by atoms with Gasteiger partial charge in [0.25, 0.3) is 0 Å². The predicted molar refractivity (Wildman–Crippen MR) is 130 cm³/mol. The van der Waals surface area contributed by atoms with E-state index in [-0.39, 0.29) is 18.0 Å². The van der Waals surface area contributed by atoms with E-state index < -0.39 is 0 Å². The Morgan fingerprint density at radius 2 is 1.84 bits per heavy atom. The molecule has 4 aromatic rings. The van der Waals surface area contributed by atoms with Gasteiger partial charge in [-0.2, -0.15) is 0 Å². The molecule has 1 unspecified atom stereocenters. The number of fused-ring (bicyclic) bond motifs is 3. The molecule has 0 fully saturated rings. The average Bonchev–Trinajstić information content (AvgIpc) is 3.23. The highest BCUT2D eigenvalue weighted by atomic mass is 32.1. The van der Waals surface area contributed by atoms with E-state index in [1.807, 2.05) is 48.5 Å². The molecule has 5 rings (SSSR count). The molecule has 32 heavy (non-hydrogen) atoms. The minimum absolute atomic E-state index is 0.188. The number of ether oxygens (including phenoxy) is 1. The van der Waals surface area contributed by atoms with Gasteiger partial charge in [0.05, 0.1) is 21.3 Å². The number of para-hydroxylation sites is 2. The van der Waals surface area contributed by atoms with Gasteiger partial charge in [-0.15, -0.1) is 11.3 Å². The lowest BCUT2D eigenvalue weighted by Gasteiger charge is -2.37. The number of esters is 1. The van der Waals surface area contributed by atoms with E-state index in [1.165, 1.54) is 0 Å². The molecule has 0 aliphatic heterocycles. The summed E-state index contributed by atoms with van der Waals surface area (Å²) in [5, 5.41) is 1.70. The number of carbonyl (C=O) groups is 1. The standard InChI is InChI=1S/C27H28N2O2S/c1-4-27(2,3)17-13-14-21-19(15-17)25(18-9-5-6-10-20(18)28-21)26(30)31-16-24-29-22-11-7-8-12-23(22)32-24/h5-12,17H,4,13-16H2,1-3H3. The molecule has 1 atom stereocenters. The number of carbonyl (C=O) groups excluding carboxylic acids is 1. The highest BCUT2D eigenvalue weighted by molar-refractivity contribution is 7.18. The lowest BCUT2D eigenvalue weighted by atomic mass is 9.68. The van der Waals surface area contributed by atoms with Crippen LogP contribution >= 0.6 is 11.3 Å². The first-order chi connectivity index (χ1) is 15.5. The van der Waals surface area contributed by atoms with Gasteiger partial charge in [0.2, 0.25) is 0 Å². The monoisotopic (exact) mass is 444 g/mol. The first kappa shape index (κ1) is 21.1. The summed E-state index contributed by atoms with van der Waals surface area (Å²) < 4.78 is 6.95. The third-order valence-corrected chi connectivity index (χ3v) is 8.15. The maximum absolute atomic E-state index is 13.5. The smallest absolute Gasteiger partial charge is 0.339 e. The van der Waals surface area contributed by atoms with Crippen molar-refractivity contribution in [1.82, 2.24) is 9.97 Å². The highest BCUT2D eigenvalue weighted by Crippen LogP contribution is 2.41. The second kappa shape index (κ2) is 8.28. The largest absolute Gasteiger partial charge is 0.455 e. The van der Waals surface area contributed by atoms with E-state index in [9.17, 15) is 4.79 Å². The van der Waals surface area contributed by atoms with Crippen LogP contribution in [0, 0.1) is 11.3 Å². The average molecular weight is 445 g/mol. The number of hydrogen-bond donors (Lipinski definition) is 0.